The lowest BCUT2D eigenvalue weighted by molar-refractivity contribution is -0.126. The number of amides is 1. The molecule has 1 unspecified atom stereocenters. The van der Waals surface area contributed by atoms with E-state index >= 15 is 0 Å². The Labute approximate surface area is 183 Å². The van der Waals surface area contributed by atoms with Gasteiger partial charge >= 0.3 is 0 Å². The second-order valence-corrected chi connectivity index (χ2v) is 9.75. The van der Waals surface area contributed by atoms with Gasteiger partial charge in [-0.2, -0.15) is 0 Å². The number of nitrogens with one attached hydrogen (secondary N) is 1. The minimum Gasteiger partial charge on any atom is -0.494 e. The van der Waals surface area contributed by atoms with Crippen LogP contribution < -0.4 is 10.1 Å². The number of carbonyl (C=O) groups excluding carboxylic acids is 1. The van der Waals surface area contributed by atoms with Crippen LogP contribution in [-0.2, 0) is 27.1 Å². The molecule has 162 valence electrons. The van der Waals surface area contributed by atoms with E-state index in [0.29, 0.717) is 43.1 Å². The average Bonchev–Trinajstić information content (AvgIpc) is 2.73. The Bertz CT molecular complexity index is 981. The van der Waals surface area contributed by atoms with Crippen molar-refractivity contribution < 1.29 is 17.9 Å². The summed E-state index contributed by atoms with van der Waals surface area (Å²) in [4.78, 5) is 12.7. The van der Waals surface area contributed by atoms with Crippen LogP contribution in [-0.4, -0.2) is 38.3 Å². The summed E-state index contributed by atoms with van der Waals surface area (Å²) in [5.74, 6) is 0.120. The average molecular weight is 451 g/mol. The van der Waals surface area contributed by atoms with E-state index in [2.05, 4.69) is 5.32 Å². The van der Waals surface area contributed by atoms with Gasteiger partial charge in [-0.05, 0) is 43.5 Å². The number of ether oxygens (including phenoxy) is 1. The third-order valence-electron chi connectivity index (χ3n) is 5.11. The van der Waals surface area contributed by atoms with Gasteiger partial charge in [0.15, 0.2) is 0 Å². The molecule has 0 aliphatic carbocycles. The van der Waals surface area contributed by atoms with Gasteiger partial charge in [0.2, 0.25) is 15.9 Å². The van der Waals surface area contributed by atoms with Crippen LogP contribution in [0, 0.1) is 5.92 Å². The van der Waals surface area contributed by atoms with Gasteiger partial charge in [-0.15, -0.1) is 0 Å². The molecular weight excluding hydrogens is 424 g/mol. The van der Waals surface area contributed by atoms with Crippen molar-refractivity contribution in [1.29, 1.82) is 0 Å². The number of hydrogen-bond acceptors (Lipinski definition) is 4. The summed E-state index contributed by atoms with van der Waals surface area (Å²) in [6.07, 6.45) is 1.32. The molecule has 8 heteroatoms. The van der Waals surface area contributed by atoms with Gasteiger partial charge in [-0.1, -0.05) is 41.9 Å². The van der Waals surface area contributed by atoms with Crippen LogP contribution in [0.2, 0.25) is 5.02 Å². The summed E-state index contributed by atoms with van der Waals surface area (Å²) < 4.78 is 32.7. The fourth-order valence-electron chi connectivity index (χ4n) is 3.61. The first-order chi connectivity index (χ1) is 14.4. The summed E-state index contributed by atoms with van der Waals surface area (Å²) >= 11 is 5.97. The van der Waals surface area contributed by atoms with E-state index < -0.39 is 10.0 Å². The lowest BCUT2D eigenvalue weighted by atomic mass is 9.98. The van der Waals surface area contributed by atoms with Crippen molar-refractivity contribution in [3.63, 3.8) is 0 Å². The quantitative estimate of drug-likeness (QED) is 0.666. The number of rotatable bonds is 8. The Morgan fingerprint density at radius 3 is 2.80 bits per heavy atom. The molecule has 6 nitrogen and oxygen atoms in total. The molecule has 1 saturated heterocycles. The van der Waals surface area contributed by atoms with Crippen LogP contribution in [0.15, 0.2) is 48.5 Å². The highest BCUT2D eigenvalue weighted by atomic mass is 35.5. The topological polar surface area (TPSA) is 75.7 Å². The van der Waals surface area contributed by atoms with E-state index in [0.717, 1.165) is 11.3 Å². The zero-order valence-corrected chi connectivity index (χ0v) is 18.6. The predicted octanol–water partition coefficient (Wildman–Crippen LogP) is 3.60. The van der Waals surface area contributed by atoms with E-state index in [9.17, 15) is 13.2 Å². The van der Waals surface area contributed by atoms with Gasteiger partial charge < -0.3 is 10.1 Å². The number of benzene rings is 2. The largest absolute Gasteiger partial charge is 0.494 e. The van der Waals surface area contributed by atoms with Crippen molar-refractivity contribution in [3.05, 3.63) is 64.7 Å². The molecule has 0 saturated carbocycles. The maximum absolute atomic E-state index is 12.9. The summed E-state index contributed by atoms with van der Waals surface area (Å²) in [7, 11) is -3.53. The first kappa shape index (κ1) is 22.6. The number of sulfonamides is 1. The van der Waals surface area contributed by atoms with E-state index in [1.807, 2.05) is 31.2 Å². The Balaban J connectivity index is 1.60. The SMILES string of the molecule is CCOc1ccccc1CNC(=O)C1CCCN(S(=O)(=O)Cc2cccc(Cl)c2)C1. The number of nitrogens with zero attached hydrogens (tertiary/aromatic N) is 1. The smallest absolute Gasteiger partial charge is 0.224 e. The summed E-state index contributed by atoms with van der Waals surface area (Å²) in [6.45, 7) is 3.44. The zero-order chi connectivity index (χ0) is 21.6. The normalized spacial score (nSPS) is 17.5. The Morgan fingerprint density at radius 1 is 1.23 bits per heavy atom. The van der Waals surface area contributed by atoms with E-state index in [-0.39, 0.29) is 24.1 Å². The molecule has 1 fully saturated rings. The standard InChI is InChI=1S/C22H27ClN2O4S/c1-2-29-21-11-4-3-8-18(21)14-24-22(26)19-9-6-12-25(15-19)30(27,28)16-17-7-5-10-20(23)13-17/h3-5,7-8,10-11,13,19H,2,6,9,12,14-16H2,1H3,(H,24,26). The molecule has 0 aromatic heterocycles. The zero-order valence-electron chi connectivity index (χ0n) is 17.0. The first-order valence-corrected chi connectivity index (χ1v) is 12.1. The van der Waals surface area contributed by atoms with Crippen molar-refractivity contribution >= 4 is 27.5 Å². The molecule has 1 amide bonds. The molecule has 1 N–H and O–H groups in total. The molecule has 2 aromatic carbocycles. The number of hydrogen-bond donors (Lipinski definition) is 1. The van der Waals surface area contributed by atoms with Gasteiger partial charge in [0.25, 0.3) is 0 Å². The molecule has 1 heterocycles. The van der Waals surface area contributed by atoms with E-state index in [4.69, 9.17) is 16.3 Å². The summed E-state index contributed by atoms with van der Waals surface area (Å²) in [6, 6.07) is 14.4. The lowest BCUT2D eigenvalue weighted by Gasteiger charge is -2.31. The van der Waals surface area contributed by atoms with Crippen LogP contribution in [0.5, 0.6) is 5.75 Å². The van der Waals surface area contributed by atoms with Gasteiger partial charge in [0.1, 0.15) is 5.75 Å². The van der Waals surface area contributed by atoms with Crippen LogP contribution in [0.4, 0.5) is 0 Å². The van der Waals surface area contributed by atoms with Crippen LogP contribution in [0.3, 0.4) is 0 Å². The minimum atomic E-state index is -3.53. The highest BCUT2D eigenvalue weighted by Gasteiger charge is 2.32. The van der Waals surface area contributed by atoms with Crippen molar-refractivity contribution in [2.24, 2.45) is 5.92 Å². The molecule has 3 rings (SSSR count). The summed E-state index contributed by atoms with van der Waals surface area (Å²) in [5, 5.41) is 3.44. The molecule has 0 spiro atoms. The van der Waals surface area contributed by atoms with E-state index in [1.165, 1.54) is 4.31 Å². The maximum atomic E-state index is 12.9. The number of piperidine rings is 1. The predicted molar refractivity (Wildman–Crippen MR) is 118 cm³/mol. The third-order valence-corrected chi connectivity index (χ3v) is 7.16. The molecule has 1 atom stereocenters. The maximum Gasteiger partial charge on any atom is 0.224 e. The van der Waals surface area contributed by atoms with Crippen LogP contribution in [0.1, 0.15) is 30.9 Å². The fraction of sp³-hybridized carbons (Fsp3) is 0.409. The second-order valence-electron chi connectivity index (χ2n) is 7.34. The van der Waals surface area contributed by atoms with Gasteiger partial charge in [0.05, 0.1) is 18.3 Å². The third kappa shape index (κ3) is 5.97. The van der Waals surface area contributed by atoms with Crippen LogP contribution >= 0.6 is 11.6 Å². The summed E-state index contributed by atoms with van der Waals surface area (Å²) in [5.41, 5.74) is 1.54. The number of para-hydroxylation sites is 1. The number of carbonyl (C=O) groups is 1. The lowest BCUT2D eigenvalue weighted by Crippen LogP contribution is -2.45. The van der Waals surface area contributed by atoms with Crippen molar-refractivity contribution in [2.75, 3.05) is 19.7 Å². The Kier molecular flexibility index (Phi) is 7.75. The number of halogens is 1. The first-order valence-electron chi connectivity index (χ1n) is 10.1. The van der Waals surface area contributed by atoms with Crippen molar-refractivity contribution in [1.82, 2.24) is 9.62 Å². The molecule has 2 aromatic rings. The molecule has 0 bridgehead atoms. The molecular formula is C22H27ClN2O4S. The molecule has 0 radical (unpaired) electrons. The second kappa shape index (κ2) is 10.3. The van der Waals surface area contributed by atoms with Crippen molar-refractivity contribution in [3.8, 4) is 5.75 Å². The van der Waals surface area contributed by atoms with Crippen LogP contribution in [0.25, 0.3) is 0 Å². The Morgan fingerprint density at radius 2 is 2.03 bits per heavy atom. The van der Waals surface area contributed by atoms with Gasteiger partial charge in [0, 0.05) is 30.2 Å². The highest BCUT2D eigenvalue weighted by molar-refractivity contribution is 7.88. The highest BCUT2D eigenvalue weighted by Crippen LogP contribution is 2.23. The van der Waals surface area contributed by atoms with Gasteiger partial charge in [-0.25, -0.2) is 12.7 Å². The van der Waals surface area contributed by atoms with Crippen molar-refractivity contribution in [2.45, 2.75) is 32.1 Å². The molecule has 1 aliphatic rings. The van der Waals surface area contributed by atoms with Gasteiger partial charge in [-0.3, -0.25) is 4.79 Å². The fourth-order valence-corrected chi connectivity index (χ4v) is 5.42. The van der Waals surface area contributed by atoms with E-state index in [1.54, 1.807) is 24.3 Å². The monoisotopic (exact) mass is 450 g/mol. The molecule has 1 aliphatic heterocycles. The minimum absolute atomic E-state index is 0.121. The Hall–Kier alpha value is -2.09. The molecule has 30 heavy (non-hydrogen) atoms.